The van der Waals surface area contributed by atoms with Crippen LogP contribution in [0.25, 0.3) is 0 Å². The Kier molecular flexibility index (Phi) is 3.30. The Morgan fingerprint density at radius 3 is 3.05 bits per heavy atom. The molecular formula is C14H14N4O2. The highest BCUT2D eigenvalue weighted by atomic mass is 16.6. The lowest BCUT2D eigenvalue weighted by Crippen LogP contribution is -2.24. The van der Waals surface area contributed by atoms with Crippen molar-refractivity contribution in [3.8, 4) is 0 Å². The maximum atomic E-state index is 11.0. The first-order valence-electron chi connectivity index (χ1n) is 6.43. The molecule has 2 aromatic rings. The zero-order chi connectivity index (χ0) is 13.9. The molecule has 1 aromatic carbocycles. The monoisotopic (exact) mass is 270 g/mol. The Bertz CT molecular complexity index is 657. The van der Waals surface area contributed by atoms with Gasteiger partial charge >= 0.3 is 5.69 Å². The van der Waals surface area contributed by atoms with Gasteiger partial charge in [-0.25, -0.2) is 4.98 Å². The standard InChI is InChI=1S/C14H14N4O2/c19-18(20)13-5-2-7-16-14(13)17-12-4-1-3-10-9-15-8-6-11(10)12/h1-5,7,15H,6,8-9H2,(H,16,17). The van der Waals surface area contributed by atoms with Crippen molar-refractivity contribution in [2.24, 2.45) is 0 Å². The van der Waals surface area contributed by atoms with Crippen molar-refractivity contribution >= 4 is 17.2 Å². The largest absolute Gasteiger partial charge is 0.334 e. The molecule has 6 heteroatoms. The molecule has 0 amide bonds. The third-order valence-electron chi connectivity index (χ3n) is 3.38. The molecule has 0 saturated carbocycles. The Morgan fingerprint density at radius 2 is 2.20 bits per heavy atom. The van der Waals surface area contributed by atoms with Gasteiger partial charge < -0.3 is 10.6 Å². The second kappa shape index (κ2) is 5.26. The summed E-state index contributed by atoms with van der Waals surface area (Å²) in [6.07, 6.45) is 2.45. The average molecular weight is 270 g/mol. The molecule has 6 nitrogen and oxygen atoms in total. The van der Waals surface area contributed by atoms with E-state index in [0.717, 1.165) is 25.2 Å². The first-order chi connectivity index (χ1) is 9.75. The molecule has 0 fully saturated rings. The van der Waals surface area contributed by atoms with Crippen LogP contribution in [0.1, 0.15) is 11.1 Å². The van der Waals surface area contributed by atoms with E-state index in [1.807, 2.05) is 12.1 Å². The van der Waals surface area contributed by atoms with Crippen molar-refractivity contribution in [3.63, 3.8) is 0 Å². The van der Waals surface area contributed by atoms with E-state index in [1.54, 1.807) is 12.3 Å². The van der Waals surface area contributed by atoms with E-state index in [1.165, 1.54) is 17.2 Å². The van der Waals surface area contributed by atoms with Crippen molar-refractivity contribution < 1.29 is 4.92 Å². The maximum absolute atomic E-state index is 11.0. The van der Waals surface area contributed by atoms with E-state index in [4.69, 9.17) is 0 Å². The van der Waals surface area contributed by atoms with E-state index < -0.39 is 4.92 Å². The fourth-order valence-electron chi connectivity index (χ4n) is 2.42. The van der Waals surface area contributed by atoms with E-state index >= 15 is 0 Å². The fraction of sp³-hybridized carbons (Fsp3) is 0.214. The molecule has 0 atom stereocenters. The van der Waals surface area contributed by atoms with Crippen molar-refractivity contribution in [2.45, 2.75) is 13.0 Å². The van der Waals surface area contributed by atoms with Crippen molar-refractivity contribution in [1.82, 2.24) is 10.3 Å². The third-order valence-corrected chi connectivity index (χ3v) is 3.38. The number of nitrogens with one attached hydrogen (secondary N) is 2. The Morgan fingerprint density at radius 1 is 1.30 bits per heavy atom. The highest BCUT2D eigenvalue weighted by Gasteiger charge is 2.17. The topological polar surface area (TPSA) is 80.1 Å². The number of rotatable bonds is 3. The summed E-state index contributed by atoms with van der Waals surface area (Å²) in [5.41, 5.74) is 3.30. The normalized spacial score (nSPS) is 13.6. The van der Waals surface area contributed by atoms with Gasteiger partial charge in [-0.1, -0.05) is 12.1 Å². The molecule has 0 aliphatic carbocycles. The molecular weight excluding hydrogens is 256 g/mol. The predicted octanol–water partition coefficient (Wildman–Crippen LogP) is 2.38. The predicted molar refractivity (Wildman–Crippen MR) is 76.0 cm³/mol. The van der Waals surface area contributed by atoms with Crippen molar-refractivity contribution in [1.29, 1.82) is 0 Å². The van der Waals surface area contributed by atoms with Gasteiger partial charge in [0.05, 0.1) is 4.92 Å². The van der Waals surface area contributed by atoms with Gasteiger partial charge in [-0.15, -0.1) is 0 Å². The summed E-state index contributed by atoms with van der Waals surface area (Å²) in [4.78, 5) is 14.7. The zero-order valence-electron chi connectivity index (χ0n) is 10.8. The molecule has 0 radical (unpaired) electrons. The molecule has 0 saturated heterocycles. The molecule has 20 heavy (non-hydrogen) atoms. The van der Waals surface area contributed by atoms with Crippen LogP contribution in [-0.4, -0.2) is 16.5 Å². The van der Waals surface area contributed by atoms with E-state index in [9.17, 15) is 10.1 Å². The van der Waals surface area contributed by atoms with Crippen LogP contribution in [0, 0.1) is 10.1 Å². The zero-order valence-corrected chi connectivity index (χ0v) is 10.8. The molecule has 1 aliphatic rings. The number of benzene rings is 1. The number of hydrogen-bond donors (Lipinski definition) is 2. The van der Waals surface area contributed by atoms with Gasteiger partial charge in [0.1, 0.15) is 0 Å². The highest BCUT2D eigenvalue weighted by molar-refractivity contribution is 5.68. The van der Waals surface area contributed by atoms with Gasteiger partial charge in [-0.2, -0.15) is 0 Å². The van der Waals surface area contributed by atoms with E-state index in [0.29, 0.717) is 0 Å². The van der Waals surface area contributed by atoms with Crippen LogP contribution in [-0.2, 0) is 13.0 Å². The van der Waals surface area contributed by atoms with Crippen molar-refractivity contribution in [2.75, 3.05) is 11.9 Å². The summed E-state index contributed by atoms with van der Waals surface area (Å²) < 4.78 is 0. The second-order valence-corrected chi connectivity index (χ2v) is 4.62. The van der Waals surface area contributed by atoms with Crippen molar-refractivity contribution in [3.05, 3.63) is 57.8 Å². The van der Waals surface area contributed by atoms with E-state index in [2.05, 4.69) is 21.7 Å². The minimum atomic E-state index is -0.424. The smallest absolute Gasteiger partial charge is 0.311 e. The highest BCUT2D eigenvalue weighted by Crippen LogP contribution is 2.29. The fourth-order valence-corrected chi connectivity index (χ4v) is 2.42. The van der Waals surface area contributed by atoms with Gasteiger partial charge in [0.2, 0.25) is 5.82 Å². The van der Waals surface area contributed by atoms with Crippen LogP contribution in [0.4, 0.5) is 17.2 Å². The third kappa shape index (κ3) is 2.33. The minimum absolute atomic E-state index is 0.0148. The van der Waals surface area contributed by atoms with Gasteiger partial charge in [0.25, 0.3) is 0 Å². The number of aromatic nitrogens is 1. The summed E-state index contributed by atoms with van der Waals surface area (Å²) in [5.74, 6) is 0.282. The molecule has 0 unspecified atom stereocenters. The van der Waals surface area contributed by atoms with Crippen LogP contribution in [0.5, 0.6) is 0 Å². The number of fused-ring (bicyclic) bond motifs is 1. The first kappa shape index (κ1) is 12.6. The quantitative estimate of drug-likeness (QED) is 0.661. The summed E-state index contributed by atoms with van der Waals surface area (Å²) in [6.45, 7) is 1.74. The lowest BCUT2D eigenvalue weighted by atomic mass is 9.99. The first-order valence-corrected chi connectivity index (χ1v) is 6.43. The molecule has 0 bridgehead atoms. The summed E-state index contributed by atoms with van der Waals surface area (Å²) >= 11 is 0. The average Bonchev–Trinajstić information content (AvgIpc) is 2.48. The van der Waals surface area contributed by atoms with Gasteiger partial charge in [0.15, 0.2) is 0 Å². The van der Waals surface area contributed by atoms with Gasteiger partial charge in [-0.05, 0) is 36.2 Å². The maximum Gasteiger partial charge on any atom is 0.311 e. The van der Waals surface area contributed by atoms with Crippen LogP contribution in [0.3, 0.4) is 0 Å². The van der Waals surface area contributed by atoms with Gasteiger partial charge in [0, 0.05) is 24.5 Å². The second-order valence-electron chi connectivity index (χ2n) is 4.62. The summed E-state index contributed by atoms with van der Waals surface area (Å²) in [5, 5.41) is 17.4. The van der Waals surface area contributed by atoms with Crippen LogP contribution < -0.4 is 10.6 Å². The molecule has 2 heterocycles. The summed E-state index contributed by atoms with van der Waals surface area (Å²) in [6, 6.07) is 8.96. The number of pyridine rings is 1. The number of anilines is 2. The Balaban J connectivity index is 1.98. The molecule has 102 valence electrons. The number of nitrogens with zero attached hydrogens (tertiary/aromatic N) is 2. The molecule has 1 aromatic heterocycles. The summed E-state index contributed by atoms with van der Waals surface area (Å²) in [7, 11) is 0. The number of nitro groups is 1. The van der Waals surface area contributed by atoms with Gasteiger partial charge in [-0.3, -0.25) is 10.1 Å². The lowest BCUT2D eigenvalue weighted by molar-refractivity contribution is -0.384. The Hall–Kier alpha value is -2.47. The minimum Gasteiger partial charge on any atom is -0.334 e. The molecule has 1 aliphatic heterocycles. The molecule has 0 spiro atoms. The SMILES string of the molecule is O=[N+]([O-])c1cccnc1Nc1cccc2c1CCNC2. The number of hydrogen-bond acceptors (Lipinski definition) is 5. The van der Waals surface area contributed by atoms with Crippen LogP contribution >= 0.6 is 0 Å². The van der Waals surface area contributed by atoms with Crippen LogP contribution in [0.15, 0.2) is 36.5 Å². The molecule has 3 rings (SSSR count). The van der Waals surface area contributed by atoms with Crippen LogP contribution in [0.2, 0.25) is 0 Å². The lowest BCUT2D eigenvalue weighted by Gasteiger charge is -2.20. The Labute approximate surface area is 116 Å². The van der Waals surface area contributed by atoms with E-state index in [-0.39, 0.29) is 11.5 Å². The molecule has 2 N–H and O–H groups in total.